The van der Waals surface area contributed by atoms with Crippen molar-refractivity contribution < 1.29 is 40.6 Å². The zero-order valence-corrected chi connectivity index (χ0v) is 30.4. The molecule has 9 nitrogen and oxygen atoms in total. The van der Waals surface area contributed by atoms with Gasteiger partial charge in [0.2, 0.25) is 0 Å². The first-order chi connectivity index (χ1) is 25.3. The van der Waals surface area contributed by atoms with E-state index in [0.29, 0.717) is 120 Å². The third-order valence-corrected chi connectivity index (χ3v) is 11.9. The third-order valence-electron chi connectivity index (χ3n) is 11.6. The average molecular weight is 773 g/mol. The maximum atomic E-state index is 13.7. The molecule has 2 aromatic rings. The summed E-state index contributed by atoms with van der Waals surface area (Å²) >= 11 is 5.55. The molecule has 2 aromatic carbocycles. The number of carbonyl (C=O) groups excluding carboxylic acids is 1. The molecule has 0 aliphatic carbocycles. The van der Waals surface area contributed by atoms with Crippen LogP contribution in [0.5, 0.6) is 0 Å². The smallest absolute Gasteiger partial charge is 0.378 e. The molecule has 0 spiro atoms. The van der Waals surface area contributed by atoms with E-state index in [9.17, 15) is 31.1 Å². The molecule has 1 N–H and O–H groups in total. The van der Waals surface area contributed by atoms with Crippen LogP contribution < -0.4 is 15.1 Å². The Labute approximate surface area is 311 Å². The minimum Gasteiger partial charge on any atom is -0.378 e. The lowest BCUT2D eigenvalue weighted by molar-refractivity contribution is -0.139. The number of hydrogen-bond acceptors (Lipinski definition) is 8. The van der Waals surface area contributed by atoms with Gasteiger partial charge in [0.15, 0.2) is 0 Å². The molecule has 0 bridgehead atoms. The number of nitrogens with zero attached hydrogens (tertiary/aromatic N) is 5. The number of anilines is 2. The minimum absolute atomic E-state index is 0.264. The van der Waals surface area contributed by atoms with Gasteiger partial charge in [-0.2, -0.15) is 26.3 Å². The Hall–Kier alpha value is -2.82. The number of alkyl halides is 6. The number of amides is 1. The zero-order chi connectivity index (χ0) is 37.3. The fraction of sp³-hybridized carbons (Fsp3) is 0.649. The van der Waals surface area contributed by atoms with Gasteiger partial charge < -0.3 is 29.5 Å². The summed E-state index contributed by atoms with van der Waals surface area (Å²) in [6, 6.07) is 9.47. The maximum Gasteiger partial charge on any atom is 0.416 e. The van der Waals surface area contributed by atoms with E-state index in [1.54, 1.807) is 23.1 Å². The van der Waals surface area contributed by atoms with E-state index in [4.69, 9.17) is 21.1 Å². The Kier molecular flexibility index (Phi) is 11.7. The van der Waals surface area contributed by atoms with E-state index in [1.165, 1.54) is 12.1 Å². The molecule has 6 saturated heterocycles. The van der Waals surface area contributed by atoms with Crippen molar-refractivity contribution >= 4 is 28.3 Å². The second-order valence-electron chi connectivity index (χ2n) is 15.1. The number of halogens is 7. The van der Waals surface area contributed by atoms with Crippen LogP contribution in [0.1, 0.15) is 22.3 Å². The first kappa shape index (κ1) is 38.5. The molecule has 4 atom stereocenters. The zero-order valence-electron chi connectivity index (χ0n) is 29.6. The van der Waals surface area contributed by atoms with Crippen LogP contribution in [0.15, 0.2) is 36.4 Å². The SMILES string of the molecule is FC(F)(F)c1cc(N2CCOCC2)ccc1CN1CC2CNCC2C1.O=C(Cl)N1CC2CN(Cc3ccc(N4CCOCC4)cc3C(F)(F)F)CC2C1. The van der Waals surface area contributed by atoms with Crippen LogP contribution in [-0.4, -0.2) is 125 Å². The largest absolute Gasteiger partial charge is 0.416 e. The highest BCUT2D eigenvalue weighted by Crippen LogP contribution is 2.39. The number of ether oxygens (including phenoxy) is 2. The van der Waals surface area contributed by atoms with Crippen molar-refractivity contribution in [1.29, 1.82) is 0 Å². The molecular formula is C37H47ClF6N6O3. The summed E-state index contributed by atoms with van der Waals surface area (Å²) in [5.41, 5.74) is 0.862. The summed E-state index contributed by atoms with van der Waals surface area (Å²) in [6.45, 7) is 11.6. The highest BCUT2D eigenvalue weighted by molar-refractivity contribution is 6.62. The minimum atomic E-state index is -4.39. The number of benzene rings is 2. The number of likely N-dealkylation sites (tertiary alicyclic amines) is 3. The normalized spacial score (nSPS) is 26.8. The Morgan fingerprint density at radius 1 is 0.642 bits per heavy atom. The quantitative estimate of drug-likeness (QED) is 0.236. The molecule has 0 radical (unpaired) electrons. The highest BCUT2D eigenvalue weighted by atomic mass is 35.5. The number of nitrogens with one attached hydrogen (secondary N) is 1. The van der Waals surface area contributed by atoms with Gasteiger partial charge in [0, 0.05) is 89.9 Å². The van der Waals surface area contributed by atoms with Gasteiger partial charge in [-0.1, -0.05) is 12.1 Å². The van der Waals surface area contributed by atoms with E-state index in [2.05, 4.69) is 15.1 Å². The van der Waals surface area contributed by atoms with Crippen LogP contribution in [-0.2, 0) is 34.9 Å². The van der Waals surface area contributed by atoms with Crippen molar-refractivity contribution in [2.24, 2.45) is 23.7 Å². The molecule has 16 heteroatoms. The van der Waals surface area contributed by atoms with Gasteiger partial charge in [0.25, 0.3) is 0 Å². The summed E-state index contributed by atoms with van der Waals surface area (Å²) < 4.78 is 92.6. The molecule has 0 saturated carbocycles. The number of morpholine rings is 2. The van der Waals surface area contributed by atoms with E-state index in [0.717, 1.165) is 26.2 Å². The van der Waals surface area contributed by atoms with E-state index in [1.807, 2.05) is 15.9 Å². The first-order valence-electron chi connectivity index (χ1n) is 18.5. The molecule has 6 fully saturated rings. The van der Waals surface area contributed by atoms with Crippen molar-refractivity contribution in [1.82, 2.24) is 20.0 Å². The summed E-state index contributed by atoms with van der Waals surface area (Å²) in [5, 5.41) is 2.92. The molecule has 4 unspecified atom stereocenters. The van der Waals surface area contributed by atoms with Gasteiger partial charge in [-0.15, -0.1) is 0 Å². The second kappa shape index (κ2) is 16.1. The summed E-state index contributed by atoms with van der Waals surface area (Å²) in [7, 11) is 0. The van der Waals surface area contributed by atoms with Crippen molar-refractivity contribution in [3.05, 3.63) is 58.7 Å². The summed E-state index contributed by atoms with van der Waals surface area (Å²) in [5.74, 6) is 1.73. The van der Waals surface area contributed by atoms with Gasteiger partial charge in [-0.3, -0.25) is 14.6 Å². The van der Waals surface area contributed by atoms with Crippen molar-refractivity contribution in [3.63, 3.8) is 0 Å². The standard InChI is InChI=1S/C19H23ClF3N3O2.C18H24F3N3O/c20-18(27)26-11-14-9-24(10-15(14)12-26)8-13-1-2-16(7-17(13)19(21,22)23)25-3-5-28-6-4-25;19-18(20,21)17-7-16(24-3-5-25-6-4-24)2-1-13(17)10-23-11-14-8-22-9-15(14)12-23/h1-2,7,14-15H,3-6,8-12H2;1-2,7,14-15,22H,3-6,8-12H2. The first-order valence-corrected chi connectivity index (χ1v) is 18.8. The molecule has 6 heterocycles. The lowest BCUT2D eigenvalue weighted by atomic mass is 10.0. The maximum absolute atomic E-state index is 13.7. The number of rotatable bonds is 6. The monoisotopic (exact) mass is 772 g/mol. The summed E-state index contributed by atoms with van der Waals surface area (Å²) in [4.78, 5) is 21.1. The molecule has 0 aromatic heterocycles. The van der Waals surface area contributed by atoms with E-state index in [-0.39, 0.29) is 18.4 Å². The van der Waals surface area contributed by atoms with Gasteiger partial charge in [-0.25, -0.2) is 0 Å². The third kappa shape index (κ3) is 9.18. The van der Waals surface area contributed by atoms with Crippen molar-refractivity contribution in [3.8, 4) is 0 Å². The van der Waals surface area contributed by atoms with Crippen LogP contribution in [0.25, 0.3) is 0 Å². The Morgan fingerprint density at radius 2 is 1.04 bits per heavy atom. The van der Waals surface area contributed by atoms with Crippen LogP contribution in [0.4, 0.5) is 42.5 Å². The Balaban J connectivity index is 0.000000165. The predicted octanol–water partition coefficient (Wildman–Crippen LogP) is 5.46. The molecule has 1 amide bonds. The molecule has 53 heavy (non-hydrogen) atoms. The van der Waals surface area contributed by atoms with Crippen LogP contribution >= 0.6 is 11.6 Å². The number of fused-ring (bicyclic) bond motifs is 2. The van der Waals surface area contributed by atoms with E-state index >= 15 is 0 Å². The van der Waals surface area contributed by atoms with Crippen molar-refractivity contribution in [2.75, 3.05) is 115 Å². The lowest BCUT2D eigenvalue weighted by Gasteiger charge is -2.30. The fourth-order valence-electron chi connectivity index (χ4n) is 8.90. The van der Waals surface area contributed by atoms with Crippen molar-refractivity contribution in [2.45, 2.75) is 25.4 Å². The van der Waals surface area contributed by atoms with Crippen LogP contribution in [0, 0.1) is 23.7 Å². The van der Waals surface area contributed by atoms with Gasteiger partial charge >= 0.3 is 17.7 Å². The predicted molar refractivity (Wildman–Crippen MR) is 189 cm³/mol. The summed E-state index contributed by atoms with van der Waals surface area (Å²) in [6.07, 6.45) is -8.72. The van der Waals surface area contributed by atoms with Crippen LogP contribution in [0.2, 0.25) is 0 Å². The van der Waals surface area contributed by atoms with Gasteiger partial charge in [0.1, 0.15) is 0 Å². The highest BCUT2D eigenvalue weighted by Gasteiger charge is 2.43. The van der Waals surface area contributed by atoms with Crippen LogP contribution in [0.3, 0.4) is 0 Å². The molecule has 292 valence electrons. The van der Waals surface area contributed by atoms with Gasteiger partial charge in [0.05, 0.1) is 37.6 Å². The second-order valence-corrected chi connectivity index (χ2v) is 15.4. The molecular weight excluding hydrogens is 726 g/mol. The Morgan fingerprint density at radius 3 is 1.42 bits per heavy atom. The average Bonchev–Trinajstić information content (AvgIpc) is 3.91. The Bertz CT molecular complexity index is 1560. The fourth-order valence-corrected chi connectivity index (χ4v) is 9.03. The lowest BCUT2D eigenvalue weighted by Crippen LogP contribution is -2.36. The molecule has 6 aliphatic rings. The number of carbonyl (C=O) groups is 1. The molecule has 8 rings (SSSR count). The number of hydrogen-bond donors (Lipinski definition) is 1. The van der Waals surface area contributed by atoms with E-state index < -0.39 is 28.8 Å². The molecule has 6 aliphatic heterocycles. The topological polar surface area (TPSA) is 63.8 Å². The van der Waals surface area contributed by atoms with Gasteiger partial charge in [-0.05, 0) is 83.8 Å².